The first-order valence-electron chi connectivity index (χ1n) is 11.5. The van der Waals surface area contributed by atoms with Crippen molar-refractivity contribution in [2.75, 3.05) is 19.1 Å². The van der Waals surface area contributed by atoms with Crippen LogP contribution in [0.1, 0.15) is 34.1 Å². The fraction of sp³-hybridized carbons (Fsp3) is 0.400. The third-order valence-electron chi connectivity index (χ3n) is 5.25. The van der Waals surface area contributed by atoms with E-state index in [4.69, 9.17) is 9.47 Å². The molecule has 10 nitrogen and oxygen atoms in total. The molecule has 0 bridgehead atoms. The number of hydrogen-bond acceptors (Lipinski definition) is 7. The number of nitrogens with zero attached hydrogens (tertiary/aromatic N) is 5. The summed E-state index contributed by atoms with van der Waals surface area (Å²) in [6.07, 6.45) is 0.355. The summed E-state index contributed by atoms with van der Waals surface area (Å²) >= 11 is 0. The summed E-state index contributed by atoms with van der Waals surface area (Å²) in [6.45, 7) is 7.17. The summed E-state index contributed by atoms with van der Waals surface area (Å²) in [6, 6.07) is 9.82. The number of halogens is 1. The van der Waals surface area contributed by atoms with E-state index < -0.39 is 17.5 Å². The highest BCUT2D eigenvalue weighted by Gasteiger charge is 2.32. The van der Waals surface area contributed by atoms with E-state index in [2.05, 4.69) is 20.7 Å². The zero-order valence-corrected chi connectivity index (χ0v) is 21.3. The van der Waals surface area contributed by atoms with Gasteiger partial charge < -0.3 is 14.8 Å². The van der Waals surface area contributed by atoms with Crippen LogP contribution in [0.5, 0.6) is 11.5 Å². The molecule has 0 unspecified atom stereocenters. The lowest BCUT2D eigenvalue weighted by molar-refractivity contribution is -0.128. The third-order valence-corrected chi connectivity index (χ3v) is 5.25. The molecule has 192 valence electrons. The number of anilines is 1. The fourth-order valence-electron chi connectivity index (χ4n) is 3.63. The standard InChI is InChI=1S/C25H31FN6O4/c1-7-19(24(34)27-25(2,3)4)32(18-12-13-20(35-5)21(14-18)36-6)22(33)15-31-29-23(28-30-31)16-8-10-17(26)11-9-16/h8-14,19H,7,15H2,1-6H3,(H,27,34)/t19-/m0/s1. The van der Waals surface area contributed by atoms with Gasteiger partial charge in [0, 0.05) is 22.9 Å². The molecule has 2 amide bonds. The molecule has 0 aliphatic carbocycles. The Hall–Kier alpha value is -4.02. The highest BCUT2D eigenvalue weighted by molar-refractivity contribution is 6.01. The van der Waals surface area contributed by atoms with Crippen molar-refractivity contribution in [3.63, 3.8) is 0 Å². The van der Waals surface area contributed by atoms with Gasteiger partial charge in [0.1, 0.15) is 18.4 Å². The minimum Gasteiger partial charge on any atom is -0.493 e. The Morgan fingerprint density at radius 2 is 1.75 bits per heavy atom. The molecular formula is C25H31FN6O4. The van der Waals surface area contributed by atoms with Gasteiger partial charge in [0.05, 0.1) is 14.2 Å². The smallest absolute Gasteiger partial charge is 0.251 e. The lowest BCUT2D eigenvalue weighted by atomic mass is 10.1. The summed E-state index contributed by atoms with van der Waals surface area (Å²) < 4.78 is 24.0. The molecule has 0 radical (unpaired) electrons. The molecule has 0 aliphatic rings. The van der Waals surface area contributed by atoms with Gasteiger partial charge in [0.2, 0.25) is 11.7 Å². The lowest BCUT2D eigenvalue weighted by Gasteiger charge is -2.33. The number of aromatic nitrogens is 4. The van der Waals surface area contributed by atoms with Gasteiger partial charge in [-0.15, -0.1) is 10.2 Å². The Morgan fingerprint density at radius 1 is 1.08 bits per heavy atom. The largest absolute Gasteiger partial charge is 0.493 e. The Morgan fingerprint density at radius 3 is 2.33 bits per heavy atom. The molecule has 0 fully saturated rings. The second kappa shape index (κ2) is 11.1. The minimum absolute atomic E-state index is 0.248. The van der Waals surface area contributed by atoms with Crippen LogP contribution in [-0.4, -0.2) is 57.8 Å². The summed E-state index contributed by atoms with van der Waals surface area (Å²) in [5.41, 5.74) is 0.518. The van der Waals surface area contributed by atoms with E-state index in [1.807, 2.05) is 27.7 Å². The van der Waals surface area contributed by atoms with Crippen LogP contribution in [0.15, 0.2) is 42.5 Å². The van der Waals surface area contributed by atoms with Gasteiger partial charge in [-0.1, -0.05) is 6.92 Å². The maximum Gasteiger partial charge on any atom is 0.251 e. The van der Waals surface area contributed by atoms with Crippen LogP contribution in [0, 0.1) is 5.82 Å². The maximum absolute atomic E-state index is 13.6. The zero-order valence-electron chi connectivity index (χ0n) is 21.3. The minimum atomic E-state index is -0.810. The number of methoxy groups -OCH3 is 2. The van der Waals surface area contributed by atoms with Gasteiger partial charge >= 0.3 is 0 Å². The van der Waals surface area contributed by atoms with Crippen molar-refractivity contribution in [1.82, 2.24) is 25.5 Å². The van der Waals surface area contributed by atoms with Crippen LogP contribution in [0.4, 0.5) is 10.1 Å². The molecule has 1 N–H and O–H groups in total. The quantitative estimate of drug-likeness (QED) is 0.482. The van der Waals surface area contributed by atoms with Crippen molar-refractivity contribution in [2.45, 2.75) is 52.2 Å². The van der Waals surface area contributed by atoms with Crippen molar-refractivity contribution >= 4 is 17.5 Å². The summed E-state index contributed by atoms with van der Waals surface area (Å²) in [5.74, 6) is 0.0379. The van der Waals surface area contributed by atoms with Gasteiger partial charge in [0.25, 0.3) is 5.91 Å². The average Bonchev–Trinajstić information content (AvgIpc) is 3.29. The van der Waals surface area contributed by atoms with Gasteiger partial charge in [0.15, 0.2) is 11.5 Å². The Bertz CT molecular complexity index is 1210. The van der Waals surface area contributed by atoms with Crippen LogP contribution in [-0.2, 0) is 16.1 Å². The van der Waals surface area contributed by atoms with Crippen molar-refractivity contribution < 1.29 is 23.5 Å². The monoisotopic (exact) mass is 498 g/mol. The van der Waals surface area contributed by atoms with E-state index in [1.54, 1.807) is 18.2 Å². The van der Waals surface area contributed by atoms with Crippen LogP contribution in [0.3, 0.4) is 0 Å². The fourth-order valence-corrected chi connectivity index (χ4v) is 3.63. The second-order valence-electron chi connectivity index (χ2n) is 9.12. The number of tetrazole rings is 1. The van der Waals surface area contributed by atoms with E-state index in [-0.39, 0.29) is 24.1 Å². The number of carbonyl (C=O) groups excluding carboxylic acids is 2. The highest BCUT2D eigenvalue weighted by atomic mass is 19.1. The topological polar surface area (TPSA) is 111 Å². The van der Waals surface area contributed by atoms with Gasteiger partial charge in [-0.2, -0.15) is 4.80 Å². The maximum atomic E-state index is 13.6. The van der Waals surface area contributed by atoms with Crippen molar-refractivity contribution in [1.29, 1.82) is 0 Å². The number of carbonyl (C=O) groups is 2. The second-order valence-corrected chi connectivity index (χ2v) is 9.12. The van der Waals surface area contributed by atoms with E-state index >= 15 is 0 Å². The molecule has 1 heterocycles. The molecule has 11 heteroatoms. The van der Waals surface area contributed by atoms with Gasteiger partial charge in [-0.05, 0) is 68.8 Å². The summed E-state index contributed by atoms with van der Waals surface area (Å²) in [4.78, 5) is 29.4. The molecule has 2 aromatic carbocycles. The van der Waals surface area contributed by atoms with Gasteiger partial charge in [-0.3, -0.25) is 14.5 Å². The van der Waals surface area contributed by atoms with Gasteiger partial charge in [-0.25, -0.2) is 4.39 Å². The number of ether oxygens (including phenoxy) is 2. The van der Waals surface area contributed by atoms with Crippen molar-refractivity contribution in [3.8, 4) is 22.9 Å². The Kier molecular flexibility index (Phi) is 8.23. The number of benzene rings is 2. The SMILES string of the molecule is CC[C@@H](C(=O)NC(C)(C)C)N(C(=O)Cn1nnc(-c2ccc(F)cc2)n1)c1ccc(OC)c(OC)c1. The van der Waals surface area contributed by atoms with Crippen molar-refractivity contribution in [2.24, 2.45) is 0 Å². The van der Waals surface area contributed by atoms with E-state index in [0.29, 0.717) is 29.2 Å². The van der Waals surface area contributed by atoms with E-state index in [9.17, 15) is 14.0 Å². The van der Waals surface area contributed by atoms with Crippen LogP contribution in [0.25, 0.3) is 11.4 Å². The first-order valence-corrected chi connectivity index (χ1v) is 11.5. The Balaban J connectivity index is 1.96. The van der Waals surface area contributed by atoms with Crippen LogP contribution < -0.4 is 19.7 Å². The molecule has 1 aromatic heterocycles. The summed E-state index contributed by atoms with van der Waals surface area (Å²) in [5, 5.41) is 15.2. The number of rotatable bonds is 9. The number of hydrogen-bond donors (Lipinski definition) is 1. The van der Waals surface area contributed by atoms with Crippen molar-refractivity contribution in [3.05, 3.63) is 48.3 Å². The predicted octanol–water partition coefficient (Wildman–Crippen LogP) is 3.22. The van der Waals surface area contributed by atoms with E-state index in [0.717, 1.165) is 4.80 Å². The Labute approximate surface area is 209 Å². The normalized spacial score (nSPS) is 12.1. The van der Waals surface area contributed by atoms with E-state index in [1.165, 1.54) is 43.4 Å². The average molecular weight is 499 g/mol. The molecule has 0 aliphatic heterocycles. The molecule has 0 saturated heterocycles. The van der Waals surface area contributed by atoms with Crippen LogP contribution >= 0.6 is 0 Å². The lowest BCUT2D eigenvalue weighted by Crippen LogP contribution is -2.54. The molecule has 3 rings (SSSR count). The first-order chi connectivity index (χ1) is 17.1. The molecule has 36 heavy (non-hydrogen) atoms. The summed E-state index contributed by atoms with van der Waals surface area (Å²) in [7, 11) is 3.01. The predicted molar refractivity (Wildman–Crippen MR) is 132 cm³/mol. The molecular weight excluding hydrogens is 467 g/mol. The number of nitrogens with one attached hydrogen (secondary N) is 1. The number of amides is 2. The molecule has 1 atom stereocenters. The molecule has 0 saturated carbocycles. The highest BCUT2D eigenvalue weighted by Crippen LogP contribution is 2.33. The zero-order chi connectivity index (χ0) is 26.5. The third kappa shape index (κ3) is 6.35. The van der Waals surface area contributed by atoms with Crippen LogP contribution in [0.2, 0.25) is 0 Å². The molecule has 3 aromatic rings. The molecule has 0 spiro atoms. The first kappa shape index (κ1) is 26.6.